The van der Waals surface area contributed by atoms with Crippen LogP contribution in [-0.2, 0) is 16.3 Å². The lowest BCUT2D eigenvalue weighted by atomic mass is 9.93. The first kappa shape index (κ1) is 22.7. The molecule has 0 atom stereocenters. The van der Waals surface area contributed by atoms with E-state index in [1.807, 2.05) is 66.1 Å². The van der Waals surface area contributed by atoms with Crippen molar-refractivity contribution in [2.24, 2.45) is 0 Å². The van der Waals surface area contributed by atoms with Crippen LogP contribution in [0.5, 0.6) is 0 Å². The van der Waals surface area contributed by atoms with Gasteiger partial charge in [-0.2, -0.15) is 0 Å². The minimum absolute atomic E-state index is 0.316. The Morgan fingerprint density at radius 3 is 1.82 bits per heavy atom. The van der Waals surface area contributed by atoms with Crippen molar-refractivity contribution in [2.45, 2.75) is 23.1 Å². The van der Waals surface area contributed by atoms with Crippen LogP contribution in [0.25, 0.3) is 50.1 Å². The lowest BCUT2D eigenvalue weighted by Gasteiger charge is -2.22. The molecule has 0 aliphatic carbocycles. The largest absolute Gasteiger partial charge is 0.294 e. The van der Waals surface area contributed by atoms with Crippen molar-refractivity contribution in [1.29, 1.82) is 0 Å². The summed E-state index contributed by atoms with van der Waals surface area (Å²) in [4.78, 5) is 5.41. The lowest BCUT2D eigenvalue weighted by molar-refractivity contribution is 0.594. The topological polar surface area (TPSA) is 52.0 Å². The Balaban J connectivity index is 1.49. The third kappa shape index (κ3) is 3.43. The number of aromatic nitrogens is 2. The molecule has 184 valence electrons. The Morgan fingerprint density at radius 2 is 1.21 bits per heavy atom. The summed E-state index contributed by atoms with van der Waals surface area (Å²) in [6.07, 6.45) is 0.694. The van der Waals surface area contributed by atoms with Crippen molar-refractivity contribution in [2.75, 3.05) is 0 Å². The number of rotatable bonds is 4. The minimum atomic E-state index is -3.66. The Bertz CT molecular complexity index is 1900. The van der Waals surface area contributed by atoms with E-state index in [4.69, 9.17) is 4.98 Å². The molecule has 6 aromatic rings. The Hall–Kier alpha value is -4.48. The number of hydrogen-bond donors (Lipinski definition) is 0. The van der Waals surface area contributed by atoms with Gasteiger partial charge in [0.1, 0.15) is 5.82 Å². The first-order valence-electron chi connectivity index (χ1n) is 12.7. The molecule has 0 bridgehead atoms. The zero-order valence-corrected chi connectivity index (χ0v) is 21.6. The van der Waals surface area contributed by atoms with Crippen LogP contribution in [-0.4, -0.2) is 18.0 Å². The highest BCUT2D eigenvalue weighted by Gasteiger charge is 2.33. The van der Waals surface area contributed by atoms with Crippen LogP contribution in [0.2, 0.25) is 0 Å². The first-order chi connectivity index (χ1) is 18.5. The smallest absolute Gasteiger partial charge is 0.210 e. The van der Waals surface area contributed by atoms with Gasteiger partial charge < -0.3 is 0 Å². The zero-order valence-electron chi connectivity index (χ0n) is 20.8. The van der Waals surface area contributed by atoms with E-state index in [2.05, 4.69) is 42.5 Å². The van der Waals surface area contributed by atoms with Gasteiger partial charge in [0.05, 0.1) is 26.5 Å². The van der Waals surface area contributed by atoms with E-state index in [-0.39, 0.29) is 0 Å². The van der Waals surface area contributed by atoms with E-state index in [1.54, 1.807) is 18.2 Å². The summed E-state index contributed by atoms with van der Waals surface area (Å²) < 4.78 is 29.4. The second-order valence-electron chi connectivity index (χ2n) is 9.56. The number of imidazole rings is 1. The molecule has 5 aromatic carbocycles. The van der Waals surface area contributed by atoms with Crippen molar-refractivity contribution in [3.8, 4) is 39.1 Å². The molecule has 1 aromatic heterocycles. The quantitative estimate of drug-likeness (QED) is 0.242. The molecule has 0 fully saturated rings. The summed E-state index contributed by atoms with van der Waals surface area (Å²) in [5.41, 5.74) is 8.49. The van der Waals surface area contributed by atoms with Gasteiger partial charge in [-0.05, 0) is 75.8 Å². The predicted octanol–water partition coefficient (Wildman–Crippen LogP) is 7.74. The van der Waals surface area contributed by atoms with Crippen molar-refractivity contribution >= 4 is 20.9 Å². The molecule has 1 aliphatic heterocycles. The maximum absolute atomic E-state index is 13.7. The van der Waals surface area contributed by atoms with Gasteiger partial charge in [0.2, 0.25) is 9.84 Å². The SMILES string of the molecule is CCc1nc2cccc3c2n1-c1cc(-c2cc(-c4ccccc4)cc(-c4ccccc4)c2)ccc1S3(=O)=O. The monoisotopic (exact) mass is 512 g/mol. The van der Waals surface area contributed by atoms with Crippen molar-refractivity contribution in [3.05, 3.63) is 121 Å². The van der Waals surface area contributed by atoms with Gasteiger partial charge in [0.15, 0.2) is 0 Å². The third-order valence-electron chi connectivity index (χ3n) is 7.28. The third-order valence-corrected chi connectivity index (χ3v) is 9.12. The Labute approximate surface area is 221 Å². The number of benzene rings is 5. The molecule has 0 amide bonds. The average Bonchev–Trinajstić information content (AvgIpc) is 3.36. The lowest BCUT2D eigenvalue weighted by Crippen LogP contribution is -2.16. The molecule has 7 rings (SSSR count). The number of sulfone groups is 1. The molecule has 5 heteroatoms. The van der Waals surface area contributed by atoms with Gasteiger partial charge in [0, 0.05) is 6.42 Å². The van der Waals surface area contributed by atoms with Crippen molar-refractivity contribution < 1.29 is 8.42 Å². The van der Waals surface area contributed by atoms with Crippen LogP contribution >= 0.6 is 0 Å². The number of fused-ring (bicyclic) bond motifs is 2. The maximum atomic E-state index is 13.7. The fraction of sp³-hybridized carbons (Fsp3) is 0.0606. The van der Waals surface area contributed by atoms with Gasteiger partial charge in [-0.25, -0.2) is 13.4 Å². The molecular formula is C33H24N2O2S. The molecule has 0 spiro atoms. The molecule has 0 unspecified atom stereocenters. The van der Waals surface area contributed by atoms with Gasteiger partial charge in [-0.1, -0.05) is 79.7 Å². The predicted molar refractivity (Wildman–Crippen MR) is 152 cm³/mol. The van der Waals surface area contributed by atoms with E-state index >= 15 is 0 Å². The zero-order chi connectivity index (χ0) is 25.9. The second kappa shape index (κ2) is 8.54. The standard InChI is InChI=1S/C33H24N2O2S/c1-2-32-34-28-14-9-15-31-33(28)35(32)29-21-24(16-17-30(29)38(31,36)37)27-19-25(22-10-5-3-6-11-22)18-26(20-27)23-12-7-4-8-13-23/h3-21H,2H2,1H3. The van der Waals surface area contributed by atoms with Crippen LogP contribution in [0, 0.1) is 0 Å². The van der Waals surface area contributed by atoms with Crippen LogP contribution < -0.4 is 0 Å². The highest BCUT2D eigenvalue weighted by atomic mass is 32.2. The summed E-state index contributed by atoms with van der Waals surface area (Å²) in [5.74, 6) is 0.851. The Kier molecular flexibility index (Phi) is 5.10. The van der Waals surface area contributed by atoms with Gasteiger partial charge in [-0.3, -0.25) is 4.57 Å². The number of hydrogen-bond acceptors (Lipinski definition) is 3. The molecule has 0 saturated heterocycles. The maximum Gasteiger partial charge on any atom is 0.210 e. The number of para-hydroxylation sites is 1. The number of nitrogens with zero attached hydrogens (tertiary/aromatic N) is 2. The summed E-state index contributed by atoms with van der Waals surface area (Å²) in [6, 6.07) is 38.2. The van der Waals surface area contributed by atoms with Crippen LogP contribution in [0.15, 0.2) is 125 Å². The fourth-order valence-corrected chi connectivity index (χ4v) is 7.08. The van der Waals surface area contributed by atoms with Gasteiger partial charge in [-0.15, -0.1) is 0 Å². The van der Waals surface area contributed by atoms with E-state index in [0.29, 0.717) is 32.9 Å². The molecule has 0 N–H and O–H groups in total. The highest BCUT2D eigenvalue weighted by Crippen LogP contribution is 2.41. The molecule has 0 radical (unpaired) electrons. The normalized spacial score (nSPS) is 13.4. The fourth-order valence-electron chi connectivity index (χ4n) is 5.46. The van der Waals surface area contributed by atoms with Gasteiger partial charge >= 0.3 is 0 Å². The molecule has 1 aliphatic rings. The van der Waals surface area contributed by atoms with E-state index < -0.39 is 9.84 Å². The second-order valence-corrected chi connectivity index (χ2v) is 11.4. The molecule has 4 nitrogen and oxygen atoms in total. The molecule has 2 heterocycles. The van der Waals surface area contributed by atoms with Crippen LogP contribution in [0.4, 0.5) is 0 Å². The summed E-state index contributed by atoms with van der Waals surface area (Å²) in [7, 11) is -3.66. The Morgan fingerprint density at radius 1 is 0.605 bits per heavy atom. The van der Waals surface area contributed by atoms with Gasteiger partial charge in [0.25, 0.3) is 0 Å². The summed E-state index contributed by atoms with van der Waals surface area (Å²) in [5, 5.41) is 0. The van der Waals surface area contributed by atoms with E-state index in [1.165, 1.54) is 0 Å². The van der Waals surface area contributed by atoms with Crippen molar-refractivity contribution in [1.82, 2.24) is 9.55 Å². The van der Waals surface area contributed by atoms with Crippen LogP contribution in [0.3, 0.4) is 0 Å². The minimum Gasteiger partial charge on any atom is -0.294 e. The molecular weight excluding hydrogens is 488 g/mol. The van der Waals surface area contributed by atoms with E-state index in [0.717, 1.165) is 39.2 Å². The van der Waals surface area contributed by atoms with Crippen LogP contribution in [0.1, 0.15) is 12.7 Å². The van der Waals surface area contributed by atoms with E-state index in [9.17, 15) is 8.42 Å². The number of aryl methyl sites for hydroxylation is 1. The van der Waals surface area contributed by atoms with Crippen molar-refractivity contribution in [3.63, 3.8) is 0 Å². The summed E-state index contributed by atoms with van der Waals surface area (Å²) >= 11 is 0. The molecule has 0 saturated carbocycles. The molecule has 38 heavy (non-hydrogen) atoms. The first-order valence-corrected chi connectivity index (χ1v) is 14.2. The summed E-state index contributed by atoms with van der Waals surface area (Å²) in [6.45, 7) is 2.05. The average molecular weight is 513 g/mol. The highest BCUT2D eigenvalue weighted by molar-refractivity contribution is 7.92.